The molecule has 0 aliphatic carbocycles. The van der Waals surface area contributed by atoms with E-state index >= 15 is 0 Å². The van der Waals surface area contributed by atoms with Crippen molar-refractivity contribution in [2.24, 2.45) is 4.99 Å². The van der Waals surface area contributed by atoms with Crippen molar-refractivity contribution in [3.05, 3.63) is 54.1 Å². The van der Waals surface area contributed by atoms with Gasteiger partial charge in [0.05, 0.1) is 6.33 Å². The Hall–Kier alpha value is -2.34. The summed E-state index contributed by atoms with van der Waals surface area (Å²) in [5, 5.41) is 6.91. The minimum atomic E-state index is 0.402. The first-order valence-corrected chi connectivity index (χ1v) is 10.4. The predicted octanol–water partition coefficient (Wildman–Crippen LogP) is 3.11. The average molecular weight is 385 g/mol. The Morgan fingerprint density at radius 2 is 1.89 bits per heavy atom. The van der Waals surface area contributed by atoms with Crippen LogP contribution in [-0.2, 0) is 13.1 Å². The van der Waals surface area contributed by atoms with Gasteiger partial charge in [-0.3, -0.25) is 4.99 Å². The Labute approximate surface area is 170 Å². The maximum absolute atomic E-state index is 4.36. The molecule has 2 N–H and O–H groups in total. The molecule has 154 valence electrons. The first-order valence-electron chi connectivity index (χ1n) is 10.4. The highest BCUT2D eigenvalue weighted by atomic mass is 15.2. The van der Waals surface area contributed by atoms with E-state index in [9.17, 15) is 0 Å². The van der Waals surface area contributed by atoms with E-state index in [2.05, 4.69) is 75.1 Å². The molecule has 1 unspecified atom stereocenters. The Kier molecular flexibility index (Phi) is 9.55. The molecule has 0 radical (unpaired) electrons. The Balaban J connectivity index is 1.72. The van der Waals surface area contributed by atoms with Gasteiger partial charge in [-0.1, -0.05) is 38.1 Å². The monoisotopic (exact) mass is 384 g/mol. The molecule has 1 heterocycles. The van der Waals surface area contributed by atoms with E-state index in [1.807, 2.05) is 25.8 Å². The molecule has 28 heavy (non-hydrogen) atoms. The minimum Gasteiger partial charge on any atom is -0.354 e. The van der Waals surface area contributed by atoms with Gasteiger partial charge >= 0.3 is 0 Å². The van der Waals surface area contributed by atoms with Crippen molar-refractivity contribution < 1.29 is 0 Å². The summed E-state index contributed by atoms with van der Waals surface area (Å²) in [5.74, 6) is 0.859. The lowest BCUT2D eigenvalue weighted by atomic mass is 10.1. The lowest BCUT2D eigenvalue weighted by molar-refractivity contribution is 0.292. The van der Waals surface area contributed by atoms with Gasteiger partial charge in [0.2, 0.25) is 0 Å². The largest absolute Gasteiger partial charge is 0.354 e. The van der Waals surface area contributed by atoms with Gasteiger partial charge < -0.3 is 20.1 Å². The molecule has 6 heteroatoms. The van der Waals surface area contributed by atoms with Crippen molar-refractivity contribution in [1.29, 1.82) is 0 Å². The summed E-state index contributed by atoms with van der Waals surface area (Å²) in [5.41, 5.74) is 2.51. The zero-order valence-corrected chi connectivity index (χ0v) is 17.9. The number of nitrogens with one attached hydrogen (secondary N) is 2. The van der Waals surface area contributed by atoms with Gasteiger partial charge in [0.15, 0.2) is 5.96 Å². The highest BCUT2D eigenvalue weighted by Crippen LogP contribution is 2.06. The molecule has 1 aromatic carbocycles. The highest BCUT2D eigenvalue weighted by Gasteiger charge is 2.07. The van der Waals surface area contributed by atoms with E-state index < -0.39 is 0 Å². The zero-order chi connectivity index (χ0) is 20.2. The summed E-state index contributed by atoms with van der Waals surface area (Å²) in [6.45, 7) is 11.7. The zero-order valence-electron chi connectivity index (χ0n) is 17.9. The van der Waals surface area contributed by atoms with E-state index in [0.29, 0.717) is 6.04 Å². The van der Waals surface area contributed by atoms with E-state index in [4.69, 9.17) is 0 Å². The summed E-state index contributed by atoms with van der Waals surface area (Å²) in [6.07, 6.45) is 7.97. The molecule has 1 atom stereocenters. The van der Waals surface area contributed by atoms with Gasteiger partial charge in [0.25, 0.3) is 0 Å². The van der Waals surface area contributed by atoms with Crippen LogP contribution in [0, 0.1) is 0 Å². The van der Waals surface area contributed by atoms with Crippen molar-refractivity contribution >= 4 is 5.96 Å². The molecule has 0 saturated heterocycles. The maximum Gasteiger partial charge on any atom is 0.191 e. The summed E-state index contributed by atoms with van der Waals surface area (Å²) in [4.78, 5) is 10.9. The Morgan fingerprint density at radius 1 is 1.18 bits per heavy atom. The molecule has 0 saturated carbocycles. The fourth-order valence-corrected chi connectivity index (χ4v) is 3.20. The van der Waals surface area contributed by atoms with Gasteiger partial charge in [-0.15, -0.1) is 0 Å². The molecule has 0 amide bonds. The predicted molar refractivity (Wildman–Crippen MR) is 118 cm³/mol. The third-order valence-corrected chi connectivity index (χ3v) is 5.02. The van der Waals surface area contributed by atoms with E-state index in [-0.39, 0.29) is 0 Å². The van der Waals surface area contributed by atoms with Gasteiger partial charge in [-0.25, -0.2) is 4.98 Å². The number of hydrogen-bond donors (Lipinski definition) is 2. The molecule has 0 aliphatic rings. The van der Waals surface area contributed by atoms with Crippen molar-refractivity contribution in [3.63, 3.8) is 0 Å². The number of guanidine groups is 1. The summed E-state index contributed by atoms with van der Waals surface area (Å²) >= 11 is 0. The number of imidazole rings is 1. The number of aromatic nitrogens is 2. The molecular formula is C22H36N6. The van der Waals surface area contributed by atoms with Crippen molar-refractivity contribution in [3.8, 4) is 0 Å². The van der Waals surface area contributed by atoms with Crippen molar-refractivity contribution in [2.45, 2.75) is 52.7 Å². The van der Waals surface area contributed by atoms with Crippen molar-refractivity contribution in [1.82, 2.24) is 25.1 Å². The molecule has 1 aromatic heterocycles. The average Bonchev–Trinajstić information content (AvgIpc) is 3.22. The summed E-state index contributed by atoms with van der Waals surface area (Å²) in [7, 11) is 1.83. The third kappa shape index (κ3) is 7.72. The number of hydrogen-bond acceptors (Lipinski definition) is 3. The molecule has 0 aliphatic heterocycles. The van der Waals surface area contributed by atoms with Crippen LogP contribution in [0.3, 0.4) is 0 Å². The van der Waals surface area contributed by atoms with Gasteiger partial charge in [-0.2, -0.15) is 0 Å². The van der Waals surface area contributed by atoms with Crippen LogP contribution in [0.4, 0.5) is 0 Å². The Morgan fingerprint density at radius 3 is 2.50 bits per heavy atom. The number of nitrogens with zero attached hydrogens (tertiary/aromatic N) is 4. The van der Waals surface area contributed by atoms with Crippen LogP contribution in [0.2, 0.25) is 0 Å². The first kappa shape index (κ1) is 22.0. The molecule has 6 nitrogen and oxygen atoms in total. The molecule has 0 bridgehead atoms. The van der Waals surface area contributed by atoms with E-state index in [1.165, 1.54) is 17.5 Å². The molecule has 2 aromatic rings. The highest BCUT2D eigenvalue weighted by molar-refractivity contribution is 5.79. The second-order valence-corrected chi connectivity index (χ2v) is 7.19. The second kappa shape index (κ2) is 12.2. The summed E-state index contributed by atoms with van der Waals surface area (Å²) < 4.78 is 2.07. The fraction of sp³-hybridized carbons (Fsp3) is 0.545. The molecule has 2 rings (SSSR count). The number of aliphatic imine (C=N–C) groups is 1. The fourth-order valence-electron chi connectivity index (χ4n) is 3.20. The molecule has 0 spiro atoms. The maximum atomic E-state index is 4.36. The Bertz CT molecular complexity index is 674. The van der Waals surface area contributed by atoms with Crippen LogP contribution < -0.4 is 10.6 Å². The lowest BCUT2D eigenvalue weighted by Crippen LogP contribution is -2.42. The topological polar surface area (TPSA) is 57.5 Å². The second-order valence-electron chi connectivity index (χ2n) is 7.19. The van der Waals surface area contributed by atoms with Crippen molar-refractivity contribution in [2.75, 3.05) is 26.7 Å². The molecule has 0 fully saturated rings. The number of benzene rings is 1. The van der Waals surface area contributed by atoms with Crippen LogP contribution in [0.5, 0.6) is 0 Å². The van der Waals surface area contributed by atoms with Gasteiger partial charge in [0.1, 0.15) is 0 Å². The van der Waals surface area contributed by atoms with Crippen LogP contribution >= 0.6 is 0 Å². The van der Waals surface area contributed by atoms with Gasteiger partial charge in [0, 0.05) is 38.6 Å². The third-order valence-electron chi connectivity index (χ3n) is 5.02. The van der Waals surface area contributed by atoms with Crippen LogP contribution in [-0.4, -0.2) is 53.1 Å². The van der Waals surface area contributed by atoms with E-state index in [1.54, 1.807) is 0 Å². The quantitative estimate of drug-likeness (QED) is 0.462. The normalized spacial score (nSPS) is 13.0. The van der Waals surface area contributed by atoms with Crippen LogP contribution in [0.1, 0.15) is 44.7 Å². The van der Waals surface area contributed by atoms with E-state index in [0.717, 1.165) is 45.1 Å². The SMILES string of the molecule is CCN(CC)CCCC(C)NC(=NC)NCc1ccc(Cn2ccnc2)cc1. The van der Waals surface area contributed by atoms with Crippen LogP contribution in [0.25, 0.3) is 0 Å². The summed E-state index contributed by atoms with van der Waals surface area (Å²) in [6, 6.07) is 9.07. The molecular weight excluding hydrogens is 348 g/mol. The lowest BCUT2D eigenvalue weighted by Gasteiger charge is -2.21. The smallest absolute Gasteiger partial charge is 0.191 e. The number of rotatable bonds is 11. The standard InChI is InChI=1S/C22H36N6/c1-5-27(6-2)14-7-8-19(3)26-22(23-4)25-16-20-9-11-21(12-10-20)17-28-15-13-24-18-28/h9-13,15,18-19H,5-8,14,16-17H2,1-4H3,(H2,23,25,26). The minimum absolute atomic E-state index is 0.402. The van der Waals surface area contributed by atoms with Gasteiger partial charge in [-0.05, 0) is 50.5 Å². The van der Waals surface area contributed by atoms with Crippen LogP contribution in [0.15, 0.2) is 48.0 Å². The first-order chi connectivity index (χ1) is 13.6.